The maximum atomic E-state index is 12.6. The average Bonchev–Trinajstić information content (AvgIpc) is 3.31. The minimum Gasteiger partial charge on any atom is -0.394 e. The van der Waals surface area contributed by atoms with E-state index in [1.807, 2.05) is 0 Å². The van der Waals surface area contributed by atoms with Crippen LogP contribution in [0, 0.1) is 0 Å². The van der Waals surface area contributed by atoms with Crippen molar-refractivity contribution in [2.24, 2.45) is 0 Å². The van der Waals surface area contributed by atoms with Gasteiger partial charge in [-0.3, -0.25) is 4.79 Å². The Morgan fingerprint density at radius 2 is 0.646 bits per heavy atom. The van der Waals surface area contributed by atoms with Crippen LogP contribution in [-0.2, 0) is 4.79 Å². The van der Waals surface area contributed by atoms with Gasteiger partial charge in [-0.1, -0.05) is 275 Å². The van der Waals surface area contributed by atoms with Crippen LogP contribution in [0.1, 0.15) is 303 Å². The smallest absolute Gasteiger partial charge is 0.249 e. The average molecular weight is 917 g/mol. The SMILES string of the molecule is CCCCCC/C=C/CC/C=C/CC/C=C/CCCC(O)C(O)C(CO)NC(=O)C(O)CCCCCCCCCCCCCCCCCCCCCCCCCCCCCCCCCC. The van der Waals surface area contributed by atoms with E-state index in [0.29, 0.717) is 19.3 Å². The van der Waals surface area contributed by atoms with E-state index < -0.39 is 36.9 Å². The highest BCUT2D eigenvalue weighted by atomic mass is 16.3. The molecule has 65 heavy (non-hydrogen) atoms. The van der Waals surface area contributed by atoms with E-state index in [2.05, 4.69) is 55.6 Å². The monoisotopic (exact) mass is 916 g/mol. The van der Waals surface area contributed by atoms with Gasteiger partial charge >= 0.3 is 0 Å². The second-order valence-electron chi connectivity index (χ2n) is 20.0. The molecule has 0 aliphatic carbocycles. The lowest BCUT2D eigenvalue weighted by atomic mass is 10.00. The molecule has 1 amide bonds. The molecule has 5 N–H and O–H groups in total. The Labute approximate surface area is 405 Å². The summed E-state index contributed by atoms with van der Waals surface area (Å²) < 4.78 is 0. The Morgan fingerprint density at radius 1 is 0.369 bits per heavy atom. The zero-order valence-electron chi connectivity index (χ0n) is 43.5. The highest BCUT2D eigenvalue weighted by molar-refractivity contribution is 5.80. The molecule has 0 spiro atoms. The predicted molar refractivity (Wildman–Crippen MR) is 284 cm³/mol. The molecule has 0 aromatic rings. The molecule has 4 unspecified atom stereocenters. The summed E-state index contributed by atoms with van der Waals surface area (Å²) in [5.74, 6) is -0.595. The molecular formula is C59H113NO5. The highest BCUT2D eigenvalue weighted by Crippen LogP contribution is 2.18. The van der Waals surface area contributed by atoms with Gasteiger partial charge in [0.2, 0.25) is 5.91 Å². The number of hydrogen-bond donors (Lipinski definition) is 5. The lowest BCUT2D eigenvalue weighted by Gasteiger charge is -2.27. The van der Waals surface area contributed by atoms with Crippen molar-refractivity contribution in [1.29, 1.82) is 0 Å². The van der Waals surface area contributed by atoms with E-state index in [4.69, 9.17) is 0 Å². The molecule has 0 saturated carbocycles. The van der Waals surface area contributed by atoms with Gasteiger partial charge in [-0.25, -0.2) is 0 Å². The number of allylic oxidation sites excluding steroid dienone is 6. The maximum Gasteiger partial charge on any atom is 0.249 e. The number of rotatable bonds is 53. The van der Waals surface area contributed by atoms with Gasteiger partial charge in [0.05, 0.1) is 18.8 Å². The number of carbonyl (C=O) groups is 1. The summed E-state index contributed by atoms with van der Waals surface area (Å²) in [5, 5.41) is 43.9. The number of nitrogens with one attached hydrogen (secondary N) is 1. The Kier molecular flexibility index (Phi) is 52.3. The van der Waals surface area contributed by atoms with Gasteiger partial charge < -0.3 is 25.7 Å². The normalized spacial score (nSPS) is 14.0. The van der Waals surface area contributed by atoms with Crippen LogP contribution in [-0.4, -0.2) is 57.3 Å². The first-order chi connectivity index (χ1) is 32.0. The van der Waals surface area contributed by atoms with E-state index in [1.165, 1.54) is 218 Å². The third kappa shape index (κ3) is 47.4. The summed E-state index contributed by atoms with van der Waals surface area (Å²) in [5.41, 5.74) is 0. The molecule has 4 atom stereocenters. The molecule has 0 rings (SSSR count). The molecule has 0 aromatic heterocycles. The summed E-state index contributed by atoms with van der Waals surface area (Å²) in [6, 6.07) is -1.01. The van der Waals surface area contributed by atoms with Crippen molar-refractivity contribution in [3.05, 3.63) is 36.5 Å². The van der Waals surface area contributed by atoms with Crippen molar-refractivity contribution < 1.29 is 25.2 Å². The van der Waals surface area contributed by atoms with E-state index in [9.17, 15) is 25.2 Å². The van der Waals surface area contributed by atoms with Crippen LogP contribution in [0.15, 0.2) is 36.5 Å². The number of hydrogen-bond acceptors (Lipinski definition) is 5. The fourth-order valence-corrected chi connectivity index (χ4v) is 9.03. The fourth-order valence-electron chi connectivity index (χ4n) is 9.03. The highest BCUT2D eigenvalue weighted by Gasteiger charge is 2.28. The van der Waals surface area contributed by atoms with Crippen LogP contribution in [0.2, 0.25) is 0 Å². The number of unbranched alkanes of at least 4 members (excludes halogenated alkanes) is 38. The van der Waals surface area contributed by atoms with Crippen LogP contribution in [0.5, 0.6) is 0 Å². The Hall–Kier alpha value is -1.47. The van der Waals surface area contributed by atoms with Crippen molar-refractivity contribution in [3.63, 3.8) is 0 Å². The van der Waals surface area contributed by atoms with E-state index in [1.54, 1.807) is 0 Å². The van der Waals surface area contributed by atoms with Crippen molar-refractivity contribution >= 4 is 5.91 Å². The minimum atomic E-state index is -1.29. The summed E-state index contributed by atoms with van der Waals surface area (Å²) in [6.45, 7) is 4.04. The summed E-state index contributed by atoms with van der Waals surface area (Å²) in [7, 11) is 0. The van der Waals surface area contributed by atoms with Gasteiger partial charge in [0.15, 0.2) is 0 Å². The second-order valence-corrected chi connectivity index (χ2v) is 20.0. The first-order valence-electron chi connectivity index (χ1n) is 28.9. The van der Waals surface area contributed by atoms with Gasteiger partial charge in [0.1, 0.15) is 12.2 Å². The lowest BCUT2D eigenvalue weighted by Crippen LogP contribution is -2.53. The number of carbonyl (C=O) groups excluding carboxylic acids is 1. The molecule has 0 aliphatic heterocycles. The predicted octanol–water partition coefficient (Wildman–Crippen LogP) is 16.8. The quantitative estimate of drug-likeness (QED) is 0.0308. The standard InChI is InChI=1S/C59H113NO5/c1-3-5-7-9-11-13-15-17-19-21-22-23-24-25-26-27-28-29-30-31-32-33-34-35-37-39-41-43-45-47-49-51-53-57(63)59(65)60-55(54-61)58(64)56(62)52-50-48-46-44-42-40-38-36-20-18-16-14-12-10-8-6-4-2/h14,16,36,38,44,46,55-58,61-64H,3-13,15,17-35,37,39-43,45,47-54H2,1-2H3,(H,60,65)/b16-14+,38-36+,46-44+. The van der Waals surface area contributed by atoms with Crippen molar-refractivity contribution in [2.45, 2.75) is 327 Å². The molecule has 6 nitrogen and oxygen atoms in total. The van der Waals surface area contributed by atoms with E-state index in [-0.39, 0.29) is 0 Å². The fraction of sp³-hybridized carbons (Fsp3) is 0.881. The number of amides is 1. The van der Waals surface area contributed by atoms with E-state index >= 15 is 0 Å². The van der Waals surface area contributed by atoms with Gasteiger partial charge in [-0.2, -0.15) is 0 Å². The summed E-state index contributed by atoms with van der Waals surface area (Å²) in [6.07, 6.45) is 66.6. The van der Waals surface area contributed by atoms with Crippen molar-refractivity contribution in [2.75, 3.05) is 6.61 Å². The van der Waals surface area contributed by atoms with Gasteiger partial charge in [-0.05, 0) is 64.2 Å². The van der Waals surface area contributed by atoms with Gasteiger partial charge in [0.25, 0.3) is 0 Å². The number of aliphatic hydroxyl groups excluding tert-OH is 4. The van der Waals surface area contributed by atoms with Crippen molar-refractivity contribution in [1.82, 2.24) is 5.32 Å². The maximum absolute atomic E-state index is 12.6. The second kappa shape index (κ2) is 53.5. The molecule has 0 saturated heterocycles. The van der Waals surface area contributed by atoms with Crippen LogP contribution in [0.3, 0.4) is 0 Å². The summed E-state index contributed by atoms with van der Waals surface area (Å²) >= 11 is 0. The van der Waals surface area contributed by atoms with Crippen LogP contribution in [0.4, 0.5) is 0 Å². The summed E-state index contributed by atoms with van der Waals surface area (Å²) in [4.78, 5) is 12.6. The zero-order chi connectivity index (χ0) is 47.4. The molecule has 0 aromatic carbocycles. The molecule has 0 aliphatic rings. The topological polar surface area (TPSA) is 110 Å². The minimum absolute atomic E-state index is 0.362. The van der Waals surface area contributed by atoms with Crippen LogP contribution >= 0.6 is 0 Å². The lowest BCUT2D eigenvalue weighted by molar-refractivity contribution is -0.132. The number of aliphatic hydroxyl groups is 4. The Morgan fingerprint density at radius 3 is 0.969 bits per heavy atom. The Balaban J connectivity index is 3.59. The van der Waals surface area contributed by atoms with Crippen LogP contribution < -0.4 is 5.32 Å². The Bertz CT molecular complexity index is 1030. The molecule has 0 heterocycles. The van der Waals surface area contributed by atoms with Gasteiger partial charge in [0, 0.05) is 0 Å². The zero-order valence-corrected chi connectivity index (χ0v) is 43.5. The first kappa shape index (κ1) is 63.5. The first-order valence-corrected chi connectivity index (χ1v) is 28.9. The molecule has 0 bridgehead atoms. The third-order valence-electron chi connectivity index (χ3n) is 13.6. The van der Waals surface area contributed by atoms with Crippen LogP contribution in [0.25, 0.3) is 0 Å². The largest absolute Gasteiger partial charge is 0.394 e. The van der Waals surface area contributed by atoms with E-state index in [0.717, 1.165) is 51.4 Å². The molecular weight excluding hydrogens is 803 g/mol. The molecule has 6 heteroatoms. The molecule has 0 radical (unpaired) electrons. The van der Waals surface area contributed by atoms with Crippen molar-refractivity contribution in [3.8, 4) is 0 Å². The third-order valence-corrected chi connectivity index (χ3v) is 13.6. The molecule has 384 valence electrons. The molecule has 0 fully saturated rings. The van der Waals surface area contributed by atoms with Gasteiger partial charge in [-0.15, -0.1) is 0 Å².